The average Bonchev–Trinajstić information content (AvgIpc) is 2.45. The zero-order valence-corrected chi connectivity index (χ0v) is 12.2. The number of aromatic nitrogens is 2. The Balaban J connectivity index is 3.22. The van der Waals surface area contributed by atoms with Crippen LogP contribution in [-0.4, -0.2) is 9.55 Å². The largest absolute Gasteiger partial charge is 0.384 e. The minimum absolute atomic E-state index is 0.0506. The fraction of sp³-hybridized carbons (Fsp3) is 0.786. The molecule has 0 aliphatic heterocycles. The monoisotopic (exact) mass is 237 g/mol. The number of nitrogens with zero attached hydrogens (tertiary/aromatic N) is 2. The third kappa shape index (κ3) is 3.24. The predicted octanol–water partition coefficient (Wildman–Crippen LogP) is 3.37. The van der Waals surface area contributed by atoms with E-state index in [2.05, 4.69) is 46.1 Å². The molecule has 0 aromatic carbocycles. The van der Waals surface area contributed by atoms with E-state index in [0.29, 0.717) is 5.92 Å². The van der Waals surface area contributed by atoms with Gasteiger partial charge in [0.2, 0.25) is 0 Å². The summed E-state index contributed by atoms with van der Waals surface area (Å²) in [6.07, 6.45) is 2.06. The van der Waals surface area contributed by atoms with Gasteiger partial charge < -0.3 is 10.3 Å². The highest BCUT2D eigenvalue weighted by molar-refractivity contribution is 5.39. The normalized spacial score (nSPS) is 12.4. The van der Waals surface area contributed by atoms with Gasteiger partial charge in [-0.3, -0.25) is 0 Å². The maximum Gasteiger partial charge on any atom is 0.126 e. The van der Waals surface area contributed by atoms with E-state index in [9.17, 15) is 0 Å². The Morgan fingerprint density at radius 1 is 1.29 bits per heavy atom. The highest BCUT2D eigenvalue weighted by atomic mass is 15.2. The molecule has 3 nitrogen and oxygen atoms in total. The first kappa shape index (κ1) is 14.1. The maximum absolute atomic E-state index is 6.24. The second-order valence-corrected chi connectivity index (χ2v) is 6.27. The summed E-state index contributed by atoms with van der Waals surface area (Å²) in [6, 6.07) is 0. The number of nitrogen functional groups attached to an aromatic ring is 1. The van der Waals surface area contributed by atoms with E-state index in [4.69, 9.17) is 10.7 Å². The summed E-state index contributed by atoms with van der Waals surface area (Å²) < 4.78 is 2.20. The molecule has 0 spiro atoms. The molecule has 98 valence electrons. The van der Waals surface area contributed by atoms with Crippen molar-refractivity contribution in [3.8, 4) is 0 Å². The van der Waals surface area contributed by atoms with E-state index in [-0.39, 0.29) is 5.41 Å². The zero-order valence-electron chi connectivity index (χ0n) is 12.2. The molecule has 1 rings (SSSR count). The van der Waals surface area contributed by atoms with Crippen molar-refractivity contribution in [1.29, 1.82) is 0 Å². The first-order valence-corrected chi connectivity index (χ1v) is 6.62. The SMILES string of the molecule is CCCc1nc(C(C)(C)C)n(CC(C)C)c1N. The summed E-state index contributed by atoms with van der Waals surface area (Å²) in [6.45, 7) is 14.1. The smallest absolute Gasteiger partial charge is 0.126 e. The Labute approximate surface area is 105 Å². The molecule has 0 unspecified atom stereocenters. The number of hydrogen-bond donors (Lipinski definition) is 1. The van der Waals surface area contributed by atoms with Gasteiger partial charge in [-0.1, -0.05) is 48.0 Å². The fourth-order valence-corrected chi connectivity index (χ4v) is 2.06. The summed E-state index contributed by atoms with van der Waals surface area (Å²) in [5, 5.41) is 0. The number of aryl methyl sites for hydroxylation is 1. The Hall–Kier alpha value is -0.990. The molecule has 0 saturated carbocycles. The van der Waals surface area contributed by atoms with Crippen LogP contribution in [-0.2, 0) is 18.4 Å². The van der Waals surface area contributed by atoms with Gasteiger partial charge in [0.1, 0.15) is 11.6 Å². The minimum Gasteiger partial charge on any atom is -0.384 e. The molecule has 1 aromatic heterocycles. The topological polar surface area (TPSA) is 43.8 Å². The summed E-state index contributed by atoms with van der Waals surface area (Å²) in [7, 11) is 0. The van der Waals surface area contributed by atoms with E-state index >= 15 is 0 Å². The van der Waals surface area contributed by atoms with Gasteiger partial charge in [-0.2, -0.15) is 0 Å². The molecule has 0 radical (unpaired) electrons. The van der Waals surface area contributed by atoms with Crippen molar-refractivity contribution in [1.82, 2.24) is 9.55 Å². The van der Waals surface area contributed by atoms with Crippen molar-refractivity contribution in [2.75, 3.05) is 5.73 Å². The quantitative estimate of drug-likeness (QED) is 0.872. The molecule has 0 amide bonds. The first-order chi connectivity index (χ1) is 7.77. The lowest BCUT2D eigenvalue weighted by atomic mass is 9.95. The third-order valence-electron chi connectivity index (χ3n) is 2.79. The van der Waals surface area contributed by atoms with Crippen LogP contribution < -0.4 is 5.73 Å². The van der Waals surface area contributed by atoms with E-state index in [1.807, 2.05) is 0 Å². The highest BCUT2D eigenvalue weighted by Gasteiger charge is 2.24. The van der Waals surface area contributed by atoms with Gasteiger partial charge in [-0.05, 0) is 12.3 Å². The van der Waals surface area contributed by atoms with Crippen LogP contribution >= 0.6 is 0 Å². The molecule has 1 aromatic rings. The number of hydrogen-bond acceptors (Lipinski definition) is 2. The van der Waals surface area contributed by atoms with E-state index in [1.165, 1.54) is 0 Å². The van der Waals surface area contributed by atoms with E-state index < -0.39 is 0 Å². The van der Waals surface area contributed by atoms with Crippen LogP contribution in [0.4, 0.5) is 5.82 Å². The Kier molecular flexibility index (Phi) is 4.23. The lowest BCUT2D eigenvalue weighted by Gasteiger charge is -2.21. The molecule has 0 bridgehead atoms. The minimum atomic E-state index is 0.0506. The van der Waals surface area contributed by atoms with Crippen LogP contribution in [0.2, 0.25) is 0 Å². The summed E-state index contributed by atoms with van der Waals surface area (Å²) in [5.74, 6) is 2.57. The van der Waals surface area contributed by atoms with Gasteiger partial charge in [0, 0.05) is 12.0 Å². The number of nitrogens with two attached hydrogens (primary N) is 1. The Morgan fingerprint density at radius 3 is 2.29 bits per heavy atom. The molecule has 0 fully saturated rings. The summed E-state index contributed by atoms with van der Waals surface area (Å²) in [4.78, 5) is 4.76. The first-order valence-electron chi connectivity index (χ1n) is 6.62. The van der Waals surface area contributed by atoms with Gasteiger partial charge in [0.15, 0.2) is 0 Å². The number of rotatable bonds is 4. The molecule has 0 saturated heterocycles. The van der Waals surface area contributed by atoms with Crippen LogP contribution in [0.3, 0.4) is 0 Å². The van der Waals surface area contributed by atoms with Crippen molar-refractivity contribution in [2.45, 2.75) is 66.3 Å². The number of imidazole rings is 1. The van der Waals surface area contributed by atoms with Gasteiger partial charge in [-0.25, -0.2) is 4.98 Å². The summed E-state index contributed by atoms with van der Waals surface area (Å²) >= 11 is 0. The van der Waals surface area contributed by atoms with Crippen LogP contribution in [0.5, 0.6) is 0 Å². The van der Waals surface area contributed by atoms with Crippen molar-refractivity contribution in [3.63, 3.8) is 0 Å². The molecule has 3 heteroatoms. The third-order valence-corrected chi connectivity index (χ3v) is 2.79. The highest BCUT2D eigenvalue weighted by Crippen LogP contribution is 2.27. The molecular weight excluding hydrogens is 210 g/mol. The predicted molar refractivity (Wildman–Crippen MR) is 74.2 cm³/mol. The lowest BCUT2D eigenvalue weighted by molar-refractivity contribution is 0.454. The summed E-state index contributed by atoms with van der Waals surface area (Å²) in [5.41, 5.74) is 7.35. The van der Waals surface area contributed by atoms with Gasteiger partial charge in [-0.15, -0.1) is 0 Å². The van der Waals surface area contributed by atoms with Crippen LogP contribution in [0, 0.1) is 5.92 Å². The molecule has 2 N–H and O–H groups in total. The second kappa shape index (κ2) is 5.11. The second-order valence-electron chi connectivity index (χ2n) is 6.27. The molecule has 0 aliphatic carbocycles. The molecule has 17 heavy (non-hydrogen) atoms. The van der Waals surface area contributed by atoms with Crippen LogP contribution in [0.15, 0.2) is 0 Å². The maximum atomic E-state index is 6.24. The zero-order chi connectivity index (χ0) is 13.2. The fourth-order valence-electron chi connectivity index (χ4n) is 2.06. The van der Waals surface area contributed by atoms with Crippen LogP contribution in [0.1, 0.15) is 59.5 Å². The van der Waals surface area contributed by atoms with Crippen molar-refractivity contribution in [2.24, 2.45) is 5.92 Å². The van der Waals surface area contributed by atoms with Gasteiger partial charge in [0.05, 0.1) is 5.69 Å². The molecule has 0 atom stereocenters. The van der Waals surface area contributed by atoms with Crippen molar-refractivity contribution < 1.29 is 0 Å². The standard InChI is InChI=1S/C14H27N3/c1-7-8-11-12(15)17(9-10(2)3)13(16-11)14(4,5)6/h10H,7-9,15H2,1-6H3. The van der Waals surface area contributed by atoms with Crippen molar-refractivity contribution >= 4 is 5.82 Å². The van der Waals surface area contributed by atoms with E-state index in [1.54, 1.807) is 0 Å². The van der Waals surface area contributed by atoms with Gasteiger partial charge in [0.25, 0.3) is 0 Å². The molecule has 0 aliphatic rings. The number of anilines is 1. The Bertz CT molecular complexity index is 370. The lowest BCUT2D eigenvalue weighted by Crippen LogP contribution is -2.21. The Morgan fingerprint density at radius 2 is 1.88 bits per heavy atom. The van der Waals surface area contributed by atoms with Gasteiger partial charge >= 0.3 is 0 Å². The molecule has 1 heterocycles. The average molecular weight is 237 g/mol. The van der Waals surface area contributed by atoms with E-state index in [0.717, 1.165) is 36.7 Å². The molecular formula is C14H27N3. The van der Waals surface area contributed by atoms with Crippen LogP contribution in [0.25, 0.3) is 0 Å². The van der Waals surface area contributed by atoms with Crippen molar-refractivity contribution in [3.05, 3.63) is 11.5 Å².